The number of nitrogens with one attached hydrogen (secondary N) is 1. The van der Waals surface area contributed by atoms with Gasteiger partial charge in [0.2, 0.25) is 0 Å². The van der Waals surface area contributed by atoms with E-state index in [0.717, 1.165) is 25.2 Å². The van der Waals surface area contributed by atoms with Crippen LogP contribution in [0.2, 0.25) is 0 Å². The monoisotopic (exact) mass is 262 g/mol. The Bertz CT molecular complexity index is 235. The molecule has 1 N–H and O–H groups in total. The summed E-state index contributed by atoms with van der Waals surface area (Å²) >= 11 is 0. The topological polar surface area (TPSA) is 24.5 Å². The average molecular weight is 263 g/mol. The Hall–Kier alpha value is 0.170. The SMILES string of the molecule is COCC(C)(C)CN1CCC2CCC(C1)N2.Cl. The van der Waals surface area contributed by atoms with Crippen LogP contribution < -0.4 is 5.32 Å². The van der Waals surface area contributed by atoms with Crippen molar-refractivity contribution in [2.45, 2.75) is 45.2 Å². The van der Waals surface area contributed by atoms with Gasteiger partial charge in [-0.2, -0.15) is 0 Å². The van der Waals surface area contributed by atoms with E-state index in [0.29, 0.717) is 0 Å². The number of methoxy groups -OCH3 is 1. The molecule has 0 amide bonds. The fourth-order valence-electron chi connectivity index (χ4n) is 3.20. The first-order valence-corrected chi connectivity index (χ1v) is 6.56. The fraction of sp³-hybridized carbons (Fsp3) is 1.00. The van der Waals surface area contributed by atoms with Gasteiger partial charge in [-0.3, -0.25) is 0 Å². The third kappa shape index (κ3) is 4.40. The second kappa shape index (κ2) is 6.37. The second-order valence-corrected chi connectivity index (χ2v) is 6.26. The predicted molar refractivity (Wildman–Crippen MR) is 73.9 cm³/mol. The first-order chi connectivity index (χ1) is 7.59. The van der Waals surface area contributed by atoms with E-state index in [2.05, 4.69) is 24.1 Å². The summed E-state index contributed by atoms with van der Waals surface area (Å²) in [7, 11) is 1.80. The van der Waals surface area contributed by atoms with Gasteiger partial charge in [-0.1, -0.05) is 13.8 Å². The highest BCUT2D eigenvalue weighted by molar-refractivity contribution is 5.85. The van der Waals surface area contributed by atoms with Gasteiger partial charge in [0.05, 0.1) is 6.61 Å². The lowest BCUT2D eigenvalue weighted by atomic mass is 9.93. The maximum Gasteiger partial charge on any atom is 0.0525 e. The molecular weight excluding hydrogens is 236 g/mol. The Morgan fingerprint density at radius 3 is 2.65 bits per heavy atom. The van der Waals surface area contributed by atoms with Gasteiger partial charge in [-0.15, -0.1) is 12.4 Å². The summed E-state index contributed by atoms with van der Waals surface area (Å²) in [6.07, 6.45) is 4.07. The summed E-state index contributed by atoms with van der Waals surface area (Å²) in [5.74, 6) is 0. The number of rotatable bonds is 4. The van der Waals surface area contributed by atoms with Crippen molar-refractivity contribution in [2.75, 3.05) is 33.4 Å². The van der Waals surface area contributed by atoms with Crippen LogP contribution in [0.15, 0.2) is 0 Å². The summed E-state index contributed by atoms with van der Waals surface area (Å²) in [5.41, 5.74) is 0.276. The molecule has 0 aromatic heterocycles. The Morgan fingerprint density at radius 1 is 1.24 bits per heavy atom. The van der Waals surface area contributed by atoms with Crippen molar-refractivity contribution in [3.8, 4) is 0 Å². The highest BCUT2D eigenvalue weighted by Crippen LogP contribution is 2.24. The minimum absolute atomic E-state index is 0. The van der Waals surface area contributed by atoms with Gasteiger partial charge in [-0.05, 0) is 25.8 Å². The van der Waals surface area contributed by atoms with Crippen LogP contribution in [-0.4, -0.2) is 50.3 Å². The molecule has 0 saturated carbocycles. The first-order valence-electron chi connectivity index (χ1n) is 6.56. The van der Waals surface area contributed by atoms with E-state index < -0.39 is 0 Å². The summed E-state index contributed by atoms with van der Waals surface area (Å²) < 4.78 is 5.30. The molecule has 2 aliphatic rings. The quantitative estimate of drug-likeness (QED) is 0.838. The summed E-state index contributed by atoms with van der Waals surface area (Å²) in [5, 5.41) is 3.73. The molecule has 102 valence electrons. The average Bonchev–Trinajstić information content (AvgIpc) is 2.51. The molecule has 2 saturated heterocycles. The largest absolute Gasteiger partial charge is 0.384 e. The molecule has 3 nitrogen and oxygen atoms in total. The van der Waals surface area contributed by atoms with Crippen LogP contribution in [0.1, 0.15) is 33.1 Å². The molecule has 2 atom stereocenters. The van der Waals surface area contributed by atoms with Gasteiger partial charge >= 0.3 is 0 Å². The van der Waals surface area contributed by atoms with Crippen molar-refractivity contribution in [3.63, 3.8) is 0 Å². The molecular formula is C13H27ClN2O. The molecule has 2 aliphatic heterocycles. The zero-order chi connectivity index (χ0) is 11.6. The number of fused-ring (bicyclic) bond motifs is 2. The van der Waals surface area contributed by atoms with Crippen molar-refractivity contribution in [2.24, 2.45) is 5.41 Å². The van der Waals surface area contributed by atoms with E-state index in [1.807, 2.05) is 0 Å². The molecule has 2 heterocycles. The van der Waals surface area contributed by atoms with Gasteiger partial charge in [0, 0.05) is 37.7 Å². The van der Waals surface area contributed by atoms with Crippen LogP contribution in [0.25, 0.3) is 0 Å². The van der Waals surface area contributed by atoms with Gasteiger partial charge in [0.25, 0.3) is 0 Å². The van der Waals surface area contributed by atoms with E-state index >= 15 is 0 Å². The Morgan fingerprint density at radius 2 is 1.94 bits per heavy atom. The minimum Gasteiger partial charge on any atom is -0.384 e. The maximum absolute atomic E-state index is 5.30. The molecule has 2 rings (SSSR count). The fourth-order valence-corrected chi connectivity index (χ4v) is 3.20. The van der Waals surface area contributed by atoms with Gasteiger partial charge in [-0.25, -0.2) is 0 Å². The highest BCUT2D eigenvalue weighted by Gasteiger charge is 2.31. The van der Waals surface area contributed by atoms with E-state index in [1.54, 1.807) is 7.11 Å². The molecule has 0 aromatic carbocycles. The number of halogens is 1. The van der Waals surface area contributed by atoms with Gasteiger partial charge < -0.3 is 15.0 Å². The van der Waals surface area contributed by atoms with Crippen LogP contribution in [0.4, 0.5) is 0 Å². The number of likely N-dealkylation sites (tertiary alicyclic amines) is 1. The number of hydrogen-bond acceptors (Lipinski definition) is 3. The number of ether oxygens (including phenoxy) is 1. The van der Waals surface area contributed by atoms with Gasteiger partial charge in [0.15, 0.2) is 0 Å². The van der Waals surface area contributed by atoms with Crippen molar-refractivity contribution in [3.05, 3.63) is 0 Å². The zero-order valence-electron chi connectivity index (χ0n) is 11.4. The zero-order valence-corrected chi connectivity index (χ0v) is 12.2. The maximum atomic E-state index is 5.30. The Balaban J connectivity index is 0.00000144. The molecule has 4 heteroatoms. The van der Waals surface area contributed by atoms with E-state index in [-0.39, 0.29) is 17.8 Å². The standard InChI is InChI=1S/C13H26N2O.ClH/c1-13(2,10-16-3)9-15-7-6-11-4-5-12(8-15)14-11;/h11-12,14H,4-10H2,1-3H3;1H. The Labute approximate surface area is 112 Å². The molecule has 17 heavy (non-hydrogen) atoms. The third-order valence-electron chi connectivity index (χ3n) is 3.79. The molecule has 2 unspecified atom stereocenters. The lowest BCUT2D eigenvalue weighted by molar-refractivity contribution is 0.0681. The molecule has 0 spiro atoms. The lowest BCUT2D eigenvalue weighted by Crippen LogP contribution is -2.41. The van der Waals surface area contributed by atoms with Crippen molar-refractivity contribution in [1.29, 1.82) is 0 Å². The number of nitrogens with zero attached hydrogens (tertiary/aromatic N) is 1. The minimum atomic E-state index is 0. The molecule has 0 aromatic rings. The van der Waals surface area contributed by atoms with E-state index in [9.17, 15) is 0 Å². The molecule has 2 bridgehead atoms. The lowest BCUT2D eigenvalue weighted by Gasteiger charge is -2.33. The van der Waals surface area contributed by atoms with Crippen LogP contribution in [0.3, 0.4) is 0 Å². The third-order valence-corrected chi connectivity index (χ3v) is 3.79. The second-order valence-electron chi connectivity index (χ2n) is 6.26. The predicted octanol–water partition coefficient (Wildman–Crippen LogP) is 1.91. The summed E-state index contributed by atoms with van der Waals surface area (Å²) in [6.45, 7) is 9.09. The normalized spacial score (nSPS) is 29.8. The van der Waals surface area contributed by atoms with Crippen LogP contribution >= 0.6 is 12.4 Å². The van der Waals surface area contributed by atoms with Crippen molar-refractivity contribution < 1.29 is 4.74 Å². The van der Waals surface area contributed by atoms with Crippen molar-refractivity contribution in [1.82, 2.24) is 10.2 Å². The molecule has 0 aliphatic carbocycles. The van der Waals surface area contributed by atoms with Gasteiger partial charge in [0.1, 0.15) is 0 Å². The van der Waals surface area contributed by atoms with Crippen LogP contribution in [0.5, 0.6) is 0 Å². The Kier molecular flexibility index (Phi) is 5.71. The molecule has 2 fully saturated rings. The van der Waals surface area contributed by atoms with E-state index in [1.165, 1.54) is 32.4 Å². The van der Waals surface area contributed by atoms with Crippen LogP contribution in [-0.2, 0) is 4.74 Å². The summed E-state index contributed by atoms with van der Waals surface area (Å²) in [6, 6.07) is 1.53. The summed E-state index contributed by atoms with van der Waals surface area (Å²) in [4.78, 5) is 2.62. The van der Waals surface area contributed by atoms with Crippen LogP contribution in [0, 0.1) is 5.41 Å². The number of hydrogen-bond donors (Lipinski definition) is 1. The van der Waals surface area contributed by atoms with Crippen molar-refractivity contribution >= 4 is 12.4 Å². The van der Waals surface area contributed by atoms with E-state index in [4.69, 9.17) is 4.74 Å². The highest BCUT2D eigenvalue weighted by atomic mass is 35.5. The first kappa shape index (κ1) is 15.2. The molecule has 0 radical (unpaired) electrons. The smallest absolute Gasteiger partial charge is 0.0525 e.